The highest BCUT2D eigenvalue weighted by Gasteiger charge is 2.29. The van der Waals surface area contributed by atoms with Gasteiger partial charge in [-0.25, -0.2) is 0 Å². The molecule has 0 unspecified atom stereocenters. The highest BCUT2D eigenvalue weighted by atomic mass is 16.5. The molecule has 1 aromatic carbocycles. The number of benzene rings is 1. The van der Waals surface area contributed by atoms with E-state index < -0.39 is 0 Å². The van der Waals surface area contributed by atoms with Gasteiger partial charge in [0, 0.05) is 17.6 Å². The van der Waals surface area contributed by atoms with Crippen molar-refractivity contribution in [3.05, 3.63) is 23.8 Å². The summed E-state index contributed by atoms with van der Waals surface area (Å²) < 4.78 is 10.6. The zero-order chi connectivity index (χ0) is 14.6. The molecule has 2 rings (SSSR count). The molecule has 0 amide bonds. The summed E-state index contributed by atoms with van der Waals surface area (Å²) in [6.45, 7) is 0. The molecule has 4 N–H and O–H groups in total. The lowest BCUT2D eigenvalue weighted by Crippen LogP contribution is -2.46. The molecular weight excluding hydrogens is 252 g/mol. The van der Waals surface area contributed by atoms with Crippen LogP contribution in [-0.4, -0.2) is 25.8 Å². The van der Waals surface area contributed by atoms with Crippen molar-refractivity contribution in [2.45, 2.75) is 50.1 Å². The van der Waals surface area contributed by atoms with Gasteiger partial charge in [-0.2, -0.15) is 0 Å². The van der Waals surface area contributed by atoms with Crippen LogP contribution in [0.3, 0.4) is 0 Å². The van der Waals surface area contributed by atoms with E-state index >= 15 is 0 Å². The fourth-order valence-corrected chi connectivity index (χ4v) is 2.87. The van der Waals surface area contributed by atoms with Crippen LogP contribution in [0.1, 0.15) is 37.7 Å². The Morgan fingerprint density at radius 2 is 1.65 bits per heavy atom. The van der Waals surface area contributed by atoms with Crippen LogP contribution in [0, 0.1) is 0 Å². The summed E-state index contributed by atoms with van der Waals surface area (Å²) in [6.07, 6.45) is 6.05. The van der Waals surface area contributed by atoms with Crippen LogP contribution in [0.15, 0.2) is 18.2 Å². The molecule has 1 aliphatic rings. The van der Waals surface area contributed by atoms with Gasteiger partial charge in [0.2, 0.25) is 0 Å². The third-order valence-corrected chi connectivity index (χ3v) is 4.35. The second-order valence-electron chi connectivity index (χ2n) is 5.92. The lowest BCUT2D eigenvalue weighted by Gasteiger charge is -2.36. The van der Waals surface area contributed by atoms with Crippen molar-refractivity contribution in [1.82, 2.24) is 0 Å². The first-order valence-electron chi connectivity index (χ1n) is 7.31. The van der Waals surface area contributed by atoms with E-state index in [1.807, 2.05) is 6.07 Å². The summed E-state index contributed by atoms with van der Waals surface area (Å²) in [5.41, 5.74) is 13.6. The monoisotopic (exact) mass is 278 g/mol. The molecular formula is C16H26N2O2. The van der Waals surface area contributed by atoms with Gasteiger partial charge in [0.05, 0.1) is 14.2 Å². The second kappa shape index (κ2) is 6.46. The van der Waals surface area contributed by atoms with Crippen molar-refractivity contribution in [3.8, 4) is 11.5 Å². The van der Waals surface area contributed by atoms with Gasteiger partial charge in [0.15, 0.2) is 0 Å². The van der Waals surface area contributed by atoms with Crippen LogP contribution >= 0.6 is 0 Å². The van der Waals surface area contributed by atoms with Crippen molar-refractivity contribution >= 4 is 0 Å². The number of hydrogen-bond donors (Lipinski definition) is 2. The van der Waals surface area contributed by atoms with E-state index in [0.29, 0.717) is 6.04 Å². The van der Waals surface area contributed by atoms with Crippen molar-refractivity contribution in [2.75, 3.05) is 14.2 Å². The van der Waals surface area contributed by atoms with E-state index in [-0.39, 0.29) is 5.54 Å². The summed E-state index contributed by atoms with van der Waals surface area (Å²) in [5.74, 6) is 1.66. The molecule has 1 aliphatic carbocycles. The van der Waals surface area contributed by atoms with Gasteiger partial charge < -0.3 is 20.9 Å². The van der Waals surface area contributed by atoms with Crippen LogP contribution in [-0.2, 0) is 6.42 Å². The van der Waals surface area contributed by atoms with Gasteiger partial charge in [-0.3, -0.25) is 0 Å². The number of rotatable bonds is 5. The van der Waals surface area contributed by atoms with Crippen LogP contribution in [0.2, 0.25) is 0 Å². The Balaban J connectivity index is 1.99. The molecule has 0 heterocycles. The van der Waals surface area contributed by atoms with Crippen molar-refractivity contribution in [2.24, 2.45) is 11.5 Å². The van der Waals surface area contributed by atoms with E-state index in [4.69, 9.17) is 20.9 Å². The fraction of sp³-hybridized carbons (Fsp3) is 0.625. The Labute approximate surface area is 121 Å². The first kappa shape index (κ1) is 15.1. The minimum atomic E-state index is -0.0633. The molecule has 1 saturated carbocycles. The summed E-state index contributed by atoms with van der Waals surface area (Å²) >= 11 is 0. The average Bonchev–Trinajstić information content (AvgIpc) is 2.48. The largest absolute Gasteiger partial charge is 0.497 e. The van der Waals surface area contributed by atoms with Crippen LogP contribution < -0.4 is 20.9 Å². The number of nitrogens with two attached hydrogens (primary N) is 2. The summed E-state index contributed by atoms with van der Waals surface area (Å²) in [7, 11) is 3.34. The summed E-state index contributed by atoms with van der Waals surface area (Å²) in [4.78, 5) is 0. The molecule has 0 saturated heterocycles. The molecule has 20 heavy (non-hydrogen) atoms. The molecule has 0 aliphatic heterocycles. The van der Waals surface area contributed by atoms with E-state index in [2.05, 4.69) is 12.1 Å². The maximum Gasteiger partial charge on any atom is 0.122 e. The third kappa shape index (κ3) is 3.87. The second-order valence-corrected chi connectivity index (χ2v) is 5.92. The lowest BCUT2D eigenvalue weighted by molar-refractivity contribution is 0.258. The van der Waals surface area contributed by atoms with Crippen molar-refractivity contribution in [1.29, 1.82) is 0 Å². The molecule has 0 bridgehead atoms. The highest BCUT2D eigenvalue weighted by molar-refractivity contribution is 5.38. The van der Waals surface area contributed by atoms with Gasteiger partial charge in [0.1, 0.15) is 11.5 Å². The smallest absolute Gasteiger partial charge is 0.122 e. The molecule has 0 radical (unpaired) electrons. The normalized spacial score (nSPS) is 26.3. The fourth-order valence-electron chi connectivity index (χ4n) is 2.87. The molecule has 1 fully saturated rings. The third-order valence-electron chi connectivity index (χ3n) is 4.35. The Morgan fingerprint density at radius 1 is 1.10 bits per heavy atom. The predicted molar refractivity (Wildman–Crippen MR) is 81.2 cm³/mol. The Morgan fingerprint density at radius 3 is 2.15 bits per heavy atom. The molecule has 1 aromatic rings. The standard InChI is InChI=1S/C16H26N2O2/c1-19-14-9-12(10-15(11-14)20-2)3-6-16(18)7-4-13(17)5-8-16/h9-11,13H,3-8,17-18H2,1-2H3. The molecule has 4 heteroatoms. The van der Waals surface area contributed by atoms with E-state index in [0.717, 1.165) is 50.0 Å². The number of aryl methyl sites for hydroxylation is 1. The number of methoxy groups -OCH3 is 2. The number of hydrogen-bond acceptors (Lipinski definition) is 4. The number of ether oxygens (including phenoxy) is 2. The minimum Gasteiger partial charge on any atom is -0.497 e. The SMILES string of the molecule is COc1cc(CCC2(N)CCC(N)CC2)cc(OC)c1. The Kier molecular flexibility index (Phi) is 4.89. The van der Waals surface area contributed by atoms with Crippen LogP contribution in [0.4, 0.5) is 0 Å². The van der Waals surface area contributed by atoms with Crippen molar-refractivity contribution in [3.63, 3.8) is 0 Å². The van der Waals surface area contributed by atoms with Gasteiger partial charge >= 0.3 is 0 Å². The Hall–Kier alpha value is -1.26. The molecule has 4 nitrogen and oxygen atoms in total. The lowest BCUT2D eigenvalue weighted by atomic mass is 9.77. The molecule has 112 valence electrons. The maximum absolute atomic E-state index is 6.49. The zero-order valence-corrected chi connectivity index (χ0v) is 12.5. The van der Waals surface area contributed by atoms with Gasteiger partial charge in [-0.05, 0) is 56.2 Å². The van der Waals surface area contributed by atoms with E-state index in [1.54, 1.807) is 14.2 Å². The van der Waals surface area contributed by atoms with Gasteiger partial charge in [-0.15, -0.1) is 0 Å². The summed E-state index contributed by atoms with van der Waals surface area (Å²) in [6, 6.07) is 6.34. The first-order valence-corrected chi connectivity index (χ1v) is 7.31. The van der Waals surface area contributed by atoms with Crippen molar-refractivity contribution < 1.29 is 9.47 Å². The highest BCUT2D eigenvalue weighted by Crippen LogP contribution is 2.31. The topological polar surface area (TPSA) is 70.5 Å². The maximum atomic E-state index is 6.49. The van der Waals surface area contributed by atoms with Crippen LogP contribution in [0.25, 0.3) is 0 Å². The summed E-state index contributed by atoms with van der Waals surface area (Å²) in [5, 5.41) is 0. The predicted octanol–water partition coefficient (Wildman–Crippen LogP) is 2.24. The van der Waals surface area contributed by atoms with Crippen LogP contribution in [0.5, 0.6) is 11.5 Å². The minimum absolute atomic E-state index is 0.0633. The quantitative estimate of drug-likeness (QED) is 0.866. The van der Waals surface area contributed by atoms with Gasteiger partial charge in [0.25, 0.3) is 0 Å². The van der Waals surface area contributed by atoms with E-state index in [1.165, 1.54) is 5.56 Å². The molecule has 0 aromatic heterocycles. The van der Waals surface area contributed by atoms with E-state index in [9.17, 15) is 0 Å². The first-order chi connectivity index (χ1) is 9.54. The zero-order valence-electron chi connectivity index (χ0n) is 12.5. The Bertz CT molecular complexity index is 418. The molecule has 0 spiro atoms. The van der Waals surface area contributed by atoms with Gasteiger partial charge in [-0.1, -0.05) is 0 Å². The molecule has 0 atom stereocenters. The average molecular weight is 278 g/mol.